The van der Waals surface area contributed by atoms with Crippen LogP contribution in [0, 0.1) is 11.3 Å². The predicted molar refractivity (Wildman–Crippen MR) is 82.9 cm³/mol. The van der Waals surface area contributed by atoms with Gasteiger partial charge in [0, 0.05) is 12.1 Å². The third-order valence-electron chi connectivity index (χ3n) is 2.95. The predicted octanol–water partition coefficient (Wildman–Crippen LogP) is 4.02. The first-order valence-electron chi connectivity index (χ1n) is 6.76. The van der Waals surface area contributed by atoms with E-state index in [1.165, 1.54) is 11.3 Å². The Morgan fingerprint density at radius 2 is 2.15 bits per heavy atom. The van der Waals surface area contributed by atoms with Crippen molar-refractivity contribution in [3.05, 3.63) is 28.9 Å². The molecule has 0 aliphatic rings. The molecule has 0 aliphatic carbocycles. The fourth-order valence-corrected chi connectivity index (χ4v) is 2.86. The second-order valence-electron chi connectivity index (χ2n) is 4.84. The van der Waals surface area contributed by atoms with Crippen LogP contribution in [0.15, 0.2) is 18.5 Å². The molecule has 104 valence electrons. The van der Waals surface area contributed by atoms with Crippen LogP contribution in [0.25, 0.3) is 10.6 Å². The molecular formula is C15H18N4S. The summed E-state index contributed by atoms with van der Waals surface area (Å²) in [6, 6.07) is 5.97. The van der Waals surface area contributed by atoms with E-state index in [9.17, 15) is 0 Å². The molecule has 2 aromatic rings. The van der Waals surface area contributed by atoms with Gasteiger partial charge in [0.25, 0.3) is 0 Å². The second-order valence-corrected chi connectivity index (χ2v) is 5.93. The number of anilines is 1. The fraction of sp³-hybridized carbons (Fsp3) is 0.400. The van der Waals surface area contributed by atoms with Gasteiger partial charge < -0.3 is 5.32 Å². The number of thiophene rings is 1. The van der Waals surface area contributed by atoms with E-state index >= 15 is 0 Å². The smallest absolute Gasteiger partial charge is 0.133 e. The molecule has 0 radical (unpaired) electrons. The van der Waals surface area contributed by atoms with Crippen LogP contribution in [0.5, 0.6) is 0 Å². The topological polar surface area (TPSA) is 61.6 Å². The first-order chi connectivity index (χ1) is 9.67. The van der Waals surface area contributed by atoms with Crippen LogP contribution >= 0.6 is 11.3 Å². The third kappa shape index (κ3) is 2.97. The Kier molecular flexibility index (Phi) is 4.70. The second kappa shape index (κ2) is 6.49. The maximum absolute atomic E-state index is 8.96. The first kappa shape index (κ1) is 14.5. The summed E-state index contributed by atoms with van der Waals surface area (Å²) in [4.78, 5) is 10.5. The minimum Gasteiger partial charge on any atom is -0.370 e. The Bertz CT molecular complexity index is 625. The van der Waals surface area contributed by atoms with Gasteiger partial charge in [-0.05, 0) is 24.5 Å². The quantitative estimate of drug-likeness (QED) is 0.901. The van der Waals surface area contributed by atoms with Gasteiger partial charge in [-0.1, -0.05) is 20.8 Å². The zero-order valence-corrected chi connectivity index (χ0v) is 12.8. The average Bonchev–Trinajstić information content (AvgIpc) is 2.93. The van der Waals surface area contributed by atoms with Gasteiger partial charge in [0.15, 0.2) is 0 Å². The van der Waals surface area contributed by atoms with Gasteiger partial charge in [-0.3, -0.25) is 0 Å². The van der Waals surface area contributed by atoms with Crippen LogP contribution in [0.1, 0.15) is 43.6 Å². The van der Waals surface area contributed by atoms with Crippen LogP contribution < -0.4 is 5.32 Å². The summed E-state index contributed by atoms with van der Waals surface area (Å²) in [5, 5.41) is 12.3. The van der Waals surface area contributed by atoms with Gasteiger partial charge in [0.2, 0.25) is 0 Å². The van der Waals surface area contributed by atoms with Crippen molar-refractivity contribution in [1.82, 2.24) is 9.97 Å². The van der Waals surface area contributed by atoms with Crippen molar-refractivity contribution in [3.8, 4) is 16.6 Å². The zero-order chi connectivity index (χ0) is 14.5. The Morgan fingerprint density at radius 1 is 1.35 bits per heavy atom. The summed E-state index contributed by atoms with van der Waals surface area (Å²) in [7, 11) is 0. The van der Waals surface area contributed by atoms with Gasteiger partial charge in [0.1, 0.15) is 23.1 Å². The Labute approximate surface area is 123 Å². The molecule has 2 heterocycles. The molecule has 0 saturated heterocycles. The molecule has 1 N–H and O–H groups in total. The monoisotopic (exact) mass is 286 g/mol. The largest absolute Gasteiger partial charge is 0.370 e. The molecule has 0 saturated carbocycles. The van der Waals surface area contributed by atoms with E-state index in [1.807, 2.05) is 12.1 Å². The van der Waals surface area contributed by atoms with E-state index in [0.717, 1.165) is 34.9 Å². The minimum absolute atomic E-state index is 0.318. The van der Waals surface area contributed by atoms with Crippen molar-refractivity contribution in [2.75, 3.05) is 11.9 Å². The van der Waals surface area contributed by atoms with E-state index < -0.39 is 0 Å². The van der Waals surface area contributed by atoms with E-state index in [2.05, 4.69) is 42.1 Å². The van der Waals surface area contributed by atoms with E-state index in [0.29, 0.717) is 10.8 Å². The SMILES string of the molecule is CCCNc1ncnc(-c2ccc(C#N)s2)c1C(C)C. The summed E-state index contributed by atoms with van der Waals surface area (Å²) in [6.07, 6.45) is 2.64. The van der Waals surface area contributed by atoms with Crippen molar-refractivity contribution in [1.29, 1.82) is 5.26 Å². The minimum atomic E-state index is 0.318. The molecule has 0 aromatic carbocycles. The lowest BCUT2D eigenvalue weighted by Crippen LogP contribution is -2.08. The summed E-state index contributed by atoms with van der Waals surface area (Å²) in [5.41, 5.74) is 2.05. The third-order valence-corrected chi connectivity index (χ3v) is 3.95. The van der Waals surface area contributed by atoms with Crippen molar-refractivity contribution in [2.24, 2.45) is 0 Å². The molecule has 2 rings (SSSR count). The standard InChI is InChI=1S/C15H18N4S/c1-4-7-17-15-13(10(2)3)14(18-9-19-15)12-6-5-11(8-16)20-12/h5-6,9-10H,4,7H2,1-3H3,(H,17,18,19). The maximum Gasteiger partial charge on any atom is 0.133 e. The first-order valence-corrected chi connectivity index (χ1v) is 7.58. The van der Waals surface area contributed by atoms with Crippen LogP contribution in [0.4, 0.5) is 5.82 Å². The summed E-state index contributed by atoms with van der Waals surface area (Å²) in [6.45, 7) is 7.29. The molecule has 4 nitrogen and oxygen atoms in total. The maximum atomic E-state index is 8.96. The lowest BCUT2D eigenvalue weighted by atomic mass is 10.0. The number of aromatic nitrogens is 2. The Morgan fingerprint density at radius 3 is 2.75 bits per heavy atom. The zero-order valence-electron chi connectivity index (χ0n) is 12.0. The number of rotatable bonds is 5. The molecule has 0 aliphatic heterocycles. The molecule has 0 fully saturated rings. The summed E-state index contributed by atoms with van der Waals surface area (Å²) in [5.74, 6) is 1.22. The average molecular weight is 286 g/mol. The lowest BCUT2D eigenvalue weighted by molar-refractivity contribution is 0.845. The van der Waals surface area contributed by atoms with Crippen LogP contribution in [-0.2, 0) is 0 Å². The highest BCUT2D eigenvalue weighted by Gasteiger charge is 2.17. The van der Waals surface area contributed by atoms with Gasteiger partial charge >= 0.3 is 0 Å². The fourth-order valence-electron chi connectivity index (χ4n) is 2.05. The van der Waals surface area contributed by atoms with Crippen molar-refractivity contribution in [2.45, 2.75) is 33.1 Å². The molecule has 0 bridgehead atoms. The highest BCUT2D eigenvalue weighted by atomic mass is 32.1. The number of nitrogens with zero attached hydrogens (tertiary/aromatic N) is 3. The molecule has 20 heavy (non-hydrogen) atoms. The van der Waals surface area contributed by atoms with Crippen LogP contribution in [-0.4, -0.2) is 16.5 Å². The molecular weight excluding hydrogens is 268 g/mol. The van der Waals surface area contributed by atoms with Gasteiger partial charge in [-0.25, -0.2) is 9.97 Å². The van der Waals surface area contributed by atoms with Crippen LogP contribution in [0.2, 0.25) is 0 Å². The van der Waals surface area contributed by atoms with E-state index in [1.54, 1.807) is 6.33 Å². The number of hydrogen-bond acceptors (Lipinski definition) is 5. The number of nitrogens with one attached hydrogen (secondary N) is 1. The Hall–Kier alpha value is -1.93. The van der Waals surface area contributed by atoms with Crippen molar-refractivity contribution in [3.63, 3.8) is 0 Å². The summed E-state index contributed by atoms with van der Waals surface area (Å²) >= 11 is 1.47. The van der Waals surface area contributed by atoms with E-state index in [4.69, 9.17) is 5.26 Å². The van der Waals surface area contributed by atoms with Gasteiger partial charge in [0.05, 0.1) is 10.6 Å². The lowest BCUT2D eigenvalue weighted by Gasteiger charge is -2.16. The number of nitriles is 1. The molecule has 2 aromatic heterocycles. The molecule has 0 atom stereocenters. The molecule has 0 spiro atoms. The van der Waals surface area contributed by atoms with Crippen molar-refractivity contribution >= 4 is 17.2 Å². The normalized spacial score (nSPS) is 10.6. The molecule has 0 amide bonds. The number of hydrogen-bond donors (Lipinski definition) is 1. The summed E-state index contributed by atoms with van der Waals surface area (Å²) < 4.78 is 0. The van der Waals surface area contributed by atoms with E-state index in [-0.39, 0.29) is 0 Å². The highest BCUT2D eigenvalue weighted by Crippen LogP contribution is 2.35. The Balaban J connectivity index is 2.49. The molecule has 5 heteroatoms. The van der Waals surface area contributed by atoms with Gasteiger partial charge in [-0.15, -0.1) is 11.3 Å². The van der Waals surface area contributed by atoms with Gasteiger partial charge in [-0.2, -0.15) is 5.26 Å². The van der Waals surface area contributed by atoms with Crippen LogP contribution in [0.3, 0.4) is 0 Å². The van der Waals surface area contributed by atoms with Crippen molar-refractivity contribution < 1.29 is 0 Å². The molecule has 0 unspecified atom stereocenters. The highest BCUT2D eigenvalue weighted by molar-refractivity contribution is 7.16.